The van der Waals surface area contributed by atoms with Gasteiger partial charge >= 0.3 is 6.09 Å². The van der Waals surface area contributed by atoms with Crippen molar-refractivity contribution in [1.82, 2.24) is 16.0 Å². The topological polar surface area (TPSA) is 109 Å². The highest BCUT2D eigenvalue weighted by Crippen LogP contribution is 2.05. The summed E-state index contributed by atoms with van der Waals surface area (Å²) in [6.07, 6.45) is 0.694. The molecule has 0 heterocycles. The van der Waals surface area contributed by atoms with Gasteiger partial charge in [0.05, 0.1) is 5.75 Å². The van der Waals surface area contributed by atoms with Crippen molar-refractivity contribution in [1.29, 1.82) is 0 Å². The Hall–Kier alpha value is -1.51. The number of sulfone groups is 1. The van der Waals surface area contributed by atoms with Crippen LogP contribution in [0.25, 0.3) is 0 Å². The summed E-state index contributed by atoms with van der Waals surface area (Å²) in [5.41, 5.74) is -0.527. The zero-order valence-corrected chi connectivity index (χ0v) is 14.1. The van der Waals surface area contributed by atoms with E-state index in [-0.39, 0.29) is 12.3 Å². The smallest absolute Gasteiger partial charge is 0.407 e. The SMILES string of the molecule is CN=C(NCCNC(=O)OC(C)(C)C)NCCS(C)(=O)=O. The lowest BCUT2D eigenvalue weighted by Gasteiger charge is -2.19. The van der Waals surface area contributed by atoms with Crippen LogP contribution < -0.4 is 16.0 Å². The Morgan fingerprint density at radius 2 is 1.62 bits per heavy atom. The highest BCUT2D eigenvalue weighted by molar-refractivity contribution is 7.90. The van der Waals surface area contributed by atoms with Gasteiger partial charge in [0.2, 0.25) is 0 Å². The maximum absolute atomic E-state index is 11.4. The molecule has 8 nitrogen and oxygen atoms in total. The number of rotatable bonds is 6. The molecule has 0 aromatic carbocycles. The molecule has 0 unspecified atom stereocenters. The zero-order valence-electron chi connectivity index (χ0n) is 13.3. The third-order valence-electron chi connectivity index (χ3n) is 2.07. The van der Waals surface area contributed by atoms with Crippen LogP contribution in [-0.4, -0.2) is 64.8 Å². The van der Waals surface area contributed by atoms with Crippen LogP contribution in [0.1, 0.15) is 20.8 Å². The predicted octanol–water partition coefficient (Wildman–Crippen LogP) is -0.279. The number of nitrogens with one attached hydrogen (secondary N) is 3. The van der Waals surface area contributed by atoms with Gasteiger partial charge in [-0.1, -0.05) is 0 Å². The molecule has 3 N–H and O–H groups in total. The van der Waals surface area contributed by atoms with Crippen LogP contribution in [0.15, 0.2) is 4.99 Å². The standard InChI is InChI=1S/C12H26N4O4S/c1-12(2,3)20-11(17)16-7-6-14-10(13-4)15-8-9-21(5,18)19/h6-9H2,1-5H3,(H,16,17)(H2,13,14,15). The molecule has 21 heavy (non-hydrogen) atoms. The first-order valence-corrected chi connectivity index (χ1v) is 8.68. The Bertz CT molecular complexity index is 454. The molecule has 124 valence electrons. The zero-order chi connectivity index (χ0) is 16.5. The summed E-state index contributed by atoms with van der Waals surface area (Å²) >= 11 is 0. The summed E-state index contributed by atoms with van der Waals surface area (Å²) in [7, 11) is -1.42. The van der Waals surface area contributed by atoms with Gasteiger partial charge in [0.1, 0.15) is 15.4 Å². The molecule has 0 atom stereocenters. The Morgan fingerprint density at radius 3 is 2.10 bits per heavy atom. The maximum Gasteiger partial charge on any atom is 0.407 e. The van der Waals surface area contributed by atoms with Gasteiger partial charge in [0.15, 0.2) is 5.96 Å². The number of hydrogen-bond donors (Lipinski definition) is 3. The third kappa shape index (κ3) is 13.2. The summed E-state index contributed by atoms with van der Waals surface area (Å²) in [4.78, 5) is 15.3. The van der Waals surface area contributed by atoms with E-state index in [0.29, 0.717) is 19.0 Å². The molecule has 0 fully saturated rings. The highest BCUT2D eigenvalue weighted by atomic mass is 32.2. The number of alkyl carbamates (subject to hydrolysis) is 1. The lowest BCUT2D eigenvalue weighted by Crippen LogP contribution is -2.43. The average Bonchev–Trinajstić information content (AvgIpc) is 2.28. The first kappa shape index (κ1) is 19.5. The van der Waals surface area contributed by atoms with Crippen molar-refractivity contribution in [3.8, 4) is 0 Å². The van der Waals surface area contributed by atoms with Gasteiger partial charge in [-0.2, -0.15) is 0 Å². The molecule has 0 spiro atoms. The molecule has 0 aliphatic rings. The van der Waals surface area contributed by atoms with Crippen LogP contribution >= 0.6 is 0 Å². The maximum atomic E-state index is 11.4. The fourth-order valence-corrected chi connectivity index (χ4v) is 1.71. The molecule has 9 heteroatoms. The molecule has 0 radical (unpaired) electrons. The largest absolute Gasteiger partial charge is 0.444 e. The van der Waals surface area contributed by atoms with Crippen LogP contribution in [0.2, 0.25) is 0 Å². The van der Waals surface area contributed by atoms with E-state index in [1.807, 2.05) is 0 Å². The van der Waals surface area contributed by atoms with Gasteiger partial charge in [-0.15, -0.1) is 0 Å². The Labute approximate surface area is 126 Å². The molecule has 1 amide bonds. The first-order chi connectivity index (χ1) is 9.53. The van der Waals surface area contributed by atoms with E-state index in [0.717, 1.165) is 0 Å². The van der Waals surface area contributed by atoms with Crippen molar-refractivity contribution in [2.24, 2.45) is 4.99 Å². The van der Waals surface area contributed by atoms with E-state index >= 15 is 0 Å². The van der Waals surface area contributed by atoms with Gasteiger partial charge in [0.25, 0.3) is 0 Å². The third-order valence-corrected chi connectivity index (χ3v) is 3.02. The van der Waals surface area contributed by atoms with Crippen molar-refractivity contribution in [2.75, 3.05) is 38.7 Å². The number of carbonyl (C=O) groups is 1. The second kappa shape index (κ2) is 8.71. The molecule has 0 aliphatic carbocycles. The van der Waals surface area contributed by atoms with Crippen LogP contribution in [-0.2, 0) is 14.6 Å². The van der Waals surface area contributed by atoms with Crippen molar-refractivity contribution in [3.63, 3.8) is 0 Å². The number of ether oxygens (including phenoxy) is 1. The molecule has 0 saturated carbocycles. The Balaban J connectivity index is 3.86. The number of nitrogens with zero attached hydrogens (tertiary/aromatic N) is 1. The van der Waals surface area contributed by atoms with E-state index in [4.69, 9.17) is 4.74 Å². The number of hydrogen-bond acceptors (Lipinski definition) is 5. The Kier molecular flexibility index (Phi) is 8.08. The summed E-state index contributed by atoms with van der Waals surface area (Å²) in [5.74, 6) is 0.508. The number of guanidine groups is 1. The molecular weight excluding hydrogens is 296 g/mol. The normalized spacial score (nSPS) is 12.7. The van der Waals surface area contributed by atoms with Crippen molar-refractivity contribution in [3.05, 3.63) is 0 Å². The summed E-state index contributed by atoms with van der Waals surface area (Å²) < 4.78 is 27.1. The monoisotopic (exact) mass is 322 g/mol. The van der Waals surface area contributed by atoms with Crippen LogP contribution in [0, 0.1) is 0 Å². The highest BCUT2D eigenvalue weighted by Gasteiger charge is 2.15. The molecule has 0 bridgehead atoms. The van der Waals surface area contributed by atoms with Crippen LogP contribution in [0.4, 0.5) is 4.79 Å². The van der Waals surface area contributed by atoms with Gasteiger partial charge in [-0.05, 0) is 20.8 Å². The number of carbonyl (C=O) groups excluding carboxylic acids is 1. The van der Waals surface area contributed by atoms with Gasteiger partial charge in [0, 0.05) is 32.9 Å². The van der Waals surface area contributed by atoms with Crippen molar-refractivity contribution < 1.29 is 17.9 Å². The first-order valence-electron chi connectivity index (χ1n) is 6.62. The lowest BCUT2D eigenvalue weighted by atomic mass is 10.2. The molecule has 0 rings (SSSR count). The van der Waals surface area contributed by atoms with E-state index < -0.39 is 21.5 Å². The minimum atomic E-state index is -3.00. The van der Waals surface area contributed by atoms with E-state index in [1.165, 1.54) is 6.26 Å². The van der Waals surface area contributed by atoms with E-state index in [2.05, 4.69) is 20.9 Å². The Morgan fingerprint density at radius 1 is 1.10 bits per heavy atom. The number of amides is 1. The van der Waals surface area contributed by atoms with Crippen molar-refractivity contribution >= 4 is 21.9 Å². The average molecular weight is 322 g/mol. The predicted molar refractivity (Wildman–Crippen MR) is 83.3 cm³/mol. The summed E-state index contributed by atoms with van der Waals surface area (Å²) in [6, 6.07) is 0. The quantitative estimate of drug-likeness (QED) is 0.353. The summed E-state index contributed by atoms with van der Waals surface area (Å²) in [6.45, 7) is 6.45. The van der Waals surface area contributed by atoms with Gasteiger partial charge < -0.3 is 20.7 Å². The fourth-order valence-electron chi connectivity index (χ4n) is 1.24. The molecule has 0 saturated heterocycles. The van der Waals surface area contributed by atoms with E-state index in [9.17, 15) is 13.2 Å². The lowest BCUT2D eigenvalue weighted by molar-refractivity contribution is 0.0529. The number of aliphatic imine (C=N–C) groups is 1. The van der Waals surface area contributed by atoms with Crippen molar-refractivity contribution in [2.45, 2.75) is 26.4 Å². The van der Waals surface area contributed by atoms with E-state index in [1.54, 1.807) is 27.8 Å². The molecule has 0 aromatic rings. The second-order valence-corrected chi connectivity index (χ2v) is 7.74. The minimum absolute atomic E-state index is 0.0316. The molecular formula is C12H26N4O4S. The van der Waals surface area contributed by atoms with Gasteiger partial charge in [-0.3, -0.25) is 4.99 Å². The van der Waals surface area contributed by atoms with Crippen LogP contribution in [0.3, 0.4) is 0 Å². The minimum Gasteiger partial charge on any atom is -0.444 e. The fraction of sp³-hybridized carbons (Fsp3) is 0.833. The molecule has 0 aromatic heterocycles. The van der Waals surface area contributed by atoms with Crippen LogP contribution in [0.5, 0.6) is 0 Å². The summed E-state index contributed by atoms with van der Waals surface area (Å²) in [5, 5.41) is 8.41. The van der Waals surface area contributed by atoms with Gasteiger partial charge in [-0.25, -0.2) is 13.2 Å². The second-order valence-electron chi connectivity index (χ2n) is 5.48. The molecule has 0 aliphatic heterocycles.